The summed E-state index contributed by atoms with van der Waals surface area (Å²) >= 11 is 0. The van der Waals surface area contributed by atoms with Gasteiger partial charge in [-0.15, -0.1) is 0 Å². The highest BCUT2D eigenvalue weighted by Gasteiger charge is 2.25. The molecule has 0 saturated heterocycles. The molecule has 84 valence electrons. The van der Waals surface area contributed by atoms with Crippen LogP contribution in [-0.4, -0.2) is 37.1 Å². The second-order valence-electron chi connectivity index (χ2n) is 3.87. The molecular formula is C11H22O3. The first-order valence-electron chi connectivity index (χ1n) is 5.72. The second kappa shape index (κ2) is 7.21. The molecule has 0 spiro atoms. The molecule has 0 bridgehead atoms. The number of hydrogen-bond acceptors (Lipinski definition) is 3. The Balaban J connectivity index is 1.88. The molecule has 0 amide bonds. The Morgan fingerprint density at radius 2 is 2.07 bits per heavy atom. The van der Waals surface area contributed by atoms with Gasteiger partial charge in [0.05, 0.1) is 25.4 Å². The predicted molar refractivity (Wildman–Crippen MR) is 55.3 cm³/mol. The van der Waals surface area contributed by atoms with Crippen LogP contribution >= 0.6 is 0 Å². The summed E-state index contributed by atoms with van der Waals surface area (Å²) in [5, 5.41) is 9.46. The van der Waals surface area contributed by atoms with Crippen molar-refractivity contribution < 1.29 is 14.6 Å². The average molecular weight is 202 g/mol. The largest absolute Gasteiger partial charge is 0.390 e. The maximum atomic E-state index is 9.46. The molecule has 0 aromatic heterocycles. The Hall–Kier alpha value is -0.120. The molecule has 2 unspecified atom stereocenters. The fourth-order valence-corrected chi connectivity index (χ4v) is 1.71. The number of rotatable bonds is 7. The van der Waals surface area contributed by atoms with Crippen molar-refractivity contribution in [3.8, 4) is 0 Å². The number of aliphatic hydroxyl groups excluding tert-OH is 1. The number of ether oxygens (including phenoxy) is 2. The van der Waals surface area contributed by atoms with E-state index in [9.17, 15) is 5.11 Å². The minimum absolute atomic E-state index is 0.0600. The van der Waals surface area contributed by atoms with Crippen molar-refractivity contribution in [1.82, 2.24) is 0 Å². The summed E-state index contributed by atoms with van der Waals surface area (Å²) in [7, 11) is 0. The molecule has 3 heteroatoms. The Morgan fingerprint density at radius 1 is 1.21 bits per heavy atom. The molecule has 3 nitrogen and oxygen atoms in total. The van der Waals surface area contributed by atoms with Crippen LogP contribution in [0, 0.1) is 0 Å². The van der Waals surface area contributed by atoms with E-state index in [1.807, 2.05) is 0 Å². The third-order valence-corrected chi connectivity index (χ3v) is 2.62. The van der Waals surface area contributed by atoms with Crippen LogP contribution in [0.25, 0.3) is 0 Å². The van der Waals surface area contributed by atoms with E-state index < -0.39 is 0 Å². The SMILES string of the molecule is CCCCOCCOC1CCCC1O. The van der Waals surface area contributed by atoms with Gasteiger partial charge in [0.1, 0.15) is 0 Å². The van der Waals surface area contributed by atoms with Crippen molar-refractivity contribution in [3.63, 3.8) is 0 Å². The number of aliphatic hydroxyl groups is 1. The van der Waals surface area contributed by atoms with Crippen molar-refractivity contribution in [2.24, 2.45) is 0 Å². The molecule has 0 aliphatic heterocycles. The van der Waals surface area contributed by atoms with Crippen LogP contribution in [0.15, 0.2) is 0 Å². The van der Waals surface area contributed by atoms with E-state index in [0.29, 0.717) is 13.2 Å². The van der Waals surface area contributed by atoms with Gasteiger partial charge in [0.15, 0.2) is 0 Å². The topological polar surface area (TPSA) is 38.7 Å². The van der Waals surface area contributed by atoms with Crippen LogP contribution < -0.4 is 0 Å². The lowest BCUT2D eigenvalue weighted by atomic mass is 10.3. The zero-order chi connectivity index (χ0) is 10.2. The van der Waals surface area contributed by atoms with Gasteiger partial charge in [-0.3, -0.25) is 0 Å². The standard InChI is InChI=1S/C11H22O3/c1-2-3-7-13-8-9-14-11-6-4-5-10(11)12/h10-12H,2-9H2,1H3. The Kier molecular flexibility index (Phi) is 6.15. The molecule has 1 aliphatic carbocycles. The first kappa shape index (κ1) is 12.0. The Bertz CT molecular complexity index is 138. The molecule has 0 heterocycles. The van der Waals surface area contributed by atoms with Gasteiger partial charge in [-0.2, -0.15) is 0 Å². The van der Waals surface area contributed by atoms with Crippen molar-refractivity contribution in [2.75, 3.05) is 19.8 Å². The summed E-state index contributed by atoms with van der Waals surface area (Å²) in [5.41, 5.74) is 0. The molecule has 0 aromatic rings. The monoisotopic (exact) mass is 202 g/mol. The number of unbranched alkanes of at least 4 members (excludes halogenated alkanes) is 1. The molecule has 0 aromatic carbocycles. The normalized spacial score (nSPS) is 27.0. The first-order valence-corrected chi connectivity index (χ1v) is 5.72. The van der Waals surface area contributed by atoms with E-state index in [1.165, 1.54) is 6.42 Å². The molecule has 14 heavy (non-hydrogen) atoms. The lowest BCUT2D eigenvalue weighted by Gasteiger charge is -2.15. The van der Waals surface area contributed by atoms with Crippen molar-refractivity contribution in [1.29, 1.82) is 0 Å². The molecule has 0 radical (unpaired) electrons. The van der Waals surface area contributed by atoms with Gasteiger partial charge in [0, 0.05) is 6.61 Å². The van der Waals surface area contributed by atoms with E-state index in [0.717, 1.165) is 32.3 Å². The summed E-state index contributed by atoms with van der Waals surface area (Å²) in [4.78, 5) is 0. The fourth-order valence-electron chi connectivity index (χ4n) is 1.71. The minimum Gasteiger partial charge on any atom is -0.390 e. The van der Waals surface area contributed by atoms with Crippen LogP contribution in [0.2, 0.25) is 0 Å². The van der Waals surface area contributed by atoms with Crippen molar-refractivity contribution >= 4 is 0 Å². The predicted octanol–water partition coefficient (Wildman–Crippen LogP) is 1.73. The van der Waals surface area contributed by atoms with E-state index in [2.05, 4.69) is 6.92 Å². The molecular weight excluding hydrogens is 180 g/mol. The lowest BCUT2D eigenvalue weighted by molar-refractivity contribution is -0.0411. The third kappa shape index (κ3) is 4.40. The summed E-state index contributed by atoms with van der Waals surface area (Å²) < 4.78 is 10.9. The summed E-state index contributed by atoms with van der Waals surface area (Å²) in [5.74, 6) is 0. The molecule has 1 aliphatic rings. The molecule has 1 rings (SSSR count). The Labute approximate surface area is 86.4 Å². The van der Waals surface area contributed by atoms with E-state index >= 15 is 0 Å². The van der Waals surface area contributed by atoms with E-state index in [4.69, 9.17) is 9.47 Å². The highest BCUT2D eigenvalue weighted by molar-refractivity contribution is 4.76. The lowest BCUT2D eigenvalue weighted by Crippen LogP contribution is -2.24. The van der Waals surface area contributed by atoms with Crippen LogP contribution in [-0.2, 0) is 9.47 Å². The van der Waals surface area contributed by atoms with E-state index in [-0.39, 0.29) is 12.2 Å². The zero-order valence-corrected chi connectivity index (χ0v) is 9.08. The maximum Gasteiger partial charge on any atom is 0.0835 e. The molecule has 1 saturated carbocycles. The minimum atomic E-state index is -0.245. The van der Waals surface area contributed by atoms with Gasteiger partial charge in [0.25, 0.3) is 0 Å². The fraction of sp³-hybridized carbons (Fsp3) is 1.00. The Morgan fingerprint density at radius 3 is 2.71 bits per heavy atom. The first-order chi connectivity index (χ1) is 6.84. The summed E-state index contributed by atoms with van der Waals surface area (Å²) in [6.45, 7) is 4.25. The number of hydrogen-bond donors (Lipinski definition) is 1. The van der Waals surface area contributed by atoms with Crippen molar-refractivity contribution in [2.45, 2.75) is 51.2 Å². The maximum absolute atomic E-state index is 9.46. The van der Waals surface area contributed by atoms with Crippen LogP contribution in [0.1, 0.15) is 39.0 Å². The van der Waals surface area contributed by atoms with Gasteiger partial charge in [-0.25, -0.2) is 0 Å². The zero-order valence-electron chi connectivity index (χ0n) is 9.08. The quantitative estimate of drug-likeness (QED) is 0.639. The average Bonchev–Trinajstić information content (AvgIpc) is 2.58. The van der Waals surface area contributed by atoms with Gasteiger partial charge in [-0.05, 0) is 25.7 Å². The van der Waals surface area contributed by atoms with Gasteiger partial charge >= 0.3 is 0 Å². The van der Waals surface area contributed by atoms with Crippen LogP contribution in [0.4, 0.5) is 0 Å². The van der Waals surface area contributed by atoms with Gasteiger partial charge in [-0.1, -0.05) is 13.3 Å². The molecule has 2 atom stereocenters. The van der Waals surface area contributed by atoms with Crippen molar-refractivity contribution in [3.05, 3.63) is 0 Å². The van der Waals surface area contributed by atoms with E-state index in [1.54, 1.807) is 0 Å². The third-order valence-electron chi connectivity index (χ3n) is 2.62. The summed E-state index contributed by atoms with van der Waals surface area (Å²) in [6, 6.07) is 0. The summed E-state index contributed by atoms with van der Waals surface area (Å²) in [6.07, 6.45) is 5.07. The highest BCUT2D eigenvalue weighted by Crippen LogP contribution is 2.21. The highest BCUT2D eigenvalue weighted by atomic mass is 16.5. The smallest absolute Gasteiger partial charge is 0.0835 e. The van der Waals surface area contributed by atoms with Crippen LogP contribution in [0.5, 0.6) is 0 Å². The molecule has 1 N–H and O–H groups in total. The van der Waals surface area contributed by atoms with Gasteiger partial charge in [0.2, 0.25) is 0 Å². The second-order valence-corrected chi connectivity index (χ2v) is 3.87. The molecule has 1 fully saturated rings. The van der Waals surface area contributed by atoms with Gasteiger partial charge < -0.3 is 14.6 Å². The van der Waals surface area contributed by atoms with Crippen LogP contribution in [0.3, 0.4) is 0 Å².